The standard InChI is InChI=1S/C14H8Cl2FNO2/c15-9-5-6-10(16)14-8(9)7-13(19)18(20-14)12-4-2-1-3-11(12)17/h1-6H,7H2. The van der Waals surface area contributed by atoms with Crippen LogP contribution >= 0.6 is 23.2 Å². The summed E-state index contributed by atoms with van der Waals surface area (Å²) in [6.45, 7) is 0. The van der Waals surface area contributed by atoms with E-state index in [1.165, 1.54) is 18.2 Å². The molecule has 3 rings (SSSR count). The van der Waals surface area contributed by atoms with Gasteiger partial charge in [0.1, 0.15) is 11.5 Å². The second kappa shape index (κ2) is 4.96. The molecule has 1 aliphatic rings. The van der Waals surface area contributed by atoms with Crippen LogP contribution in [0.1, 0.15) is 5.56 Å². The smallest absolute Gasteiger partial charge is 0.264 e. The molecule has 1 heterocycles. The lowest BCUT2D eigenvalue weighted by Gasteiger charge is -2.29. The van der Waals surface area contributed by atoms with Crippen LogP contribution in [-0.2, 0) is 11.2 Å². The summed E-state index contributed by atoms with van der Waals surface area (Å²) < 4.78 is 13.8. The number of hydrogen-bond donors (Lipinski definition) is 0. The van der Waals surface area contributed by atoms with E-state index >= 15 is 0 Å². The topological polar surface area (TPSA) is 29.5 Å². The fourth-order valence-electron chi connectivity index (χ4n) is 2.00. The lowest BCUT2D eigenvalue weighted by Crippen LogP contribution is -2.40. The molecular weight excluding hydrogens is 304 g/mol. The van der Waals surface area contributed by atoms with E-state index in [2.05, 4.69) is 0 Å². The number of amides is 1. The molecule has 1 aliphatic heterocycles. The third-order valence-electron chi connectivity index (χ3n) is 2.96. The second-order valence-corrected chi connectivity index (χ2v) is 5.06. The van der Waals surface area contributed by atoms with Gasteiger partial charge in [0.2, 0.25) is 0 Å². The predicted molar refractivity (Wildman–Crippen MR) is 74.7 cm³/mol. The molecular formula is C14H8Cl2FNO2. The van der Waals surface area contributed by atoms with Crippen LogP contribution in [0.3, 0.4) is 0 Å². The van der Waals surface area contributed by atoms with Crippen LogP contribution in [-0.4, -0.2) is 5.91 Å². The Morgan fingerprint density at radius 3 is 2.55 bits per heavy atom. The van der Waals surface area contributed by atoms with Crippen molar-refractivity contribution in [3.8, 4) is 5.75 Å². The molecule has 0 bridgehead atoms. The summed E-state index contributed by atoms with van der Waals surface area (Å²) >= 11 is 12.1. The maximum Gasteiger partial charge on any atom is 0.264 e. The molecule has 0 spiro atoms. The SMILES string of the molecule is O=C1Cc2c(Cl)ccc(Cl)c2ON1c1ccccc1F. The minimum absolute atomic E-state index is 0.00304. The predicted octanol–water partition coefficient (Wildman–Crippen LogP) is 4.02. The fraction of sp³-hybridized carbons (Fsp3) is 0.0714. The zero-order chi connectivity index (χ0) is 14.3. The van der Waals surface area contributed by atoms with Gasteiger partial charge in [-0.1, -0.05) is 35.3 Å². The molecule has 0 saturated heterocycles. The van der Waals surface area contributed by atoms with E-state index < -0.39 is 11.7 Å². The van der Waals surface area contributed by atoms with Crippen molar-refractivity contribution in [2.45, 2.75) is 6.42 Å². The van der Waals surface area contributed by atoms with Crippen LogP contribution in [0.4, 0.5) is 10.1 Å². The molecule has 2 aromatic carbocycles. The molecule has 6 heteroatoms. The largest absolute Gasteiger partial charge is 0.370 e. The maximum absolute atomic E-state index is 13.8. The van der Waals surface area contributed by atoms with E-state index in [0.717, 1.165) is 5.06 Å². The molecule has 1 amide bonds. The number of halogens is 3. The molecule has 0 fully saturated rings. The molecule has 3 nitrogen and oxygen atoms in total. The molecule has 0 radical (unpaired) electrons. The average Bonchev–Trinajstić information content (AvgIpc) is 2.44. The molecule has 0 aliphatic carbocycles. The van der Waals surface area contributed by atoms with E-state index in [9.17, 15) is 9.18 Å². The number of rotatable bonds is 1. The Morgan fingerprint density at radius 1 is 1.10 bits per heavy atom. The van der Waals surface area contributed by atoms with Gasteiger partial charge >= 0.3 is 0 Å². The van der Waals surface area contributed by atoms with Crippen LogP contribution in [0.15, 0.2) is 36.4 Å². The Balaban J connectivity index is 2.08. The minimum Gasteiger partial charge on any atom is -0.370 e. The first-order chi connectivity index (χ1) is 9.58. The van der Waals surface area contributed by atoms with Crippen LogP contribution in [0.5, 0.6) is 5.75 Å². The number of benzene rings is 2. The van der Waals surface area contributed by atoms with Gasteiger partial charge in [0.05, 0.1) is 11.4 Å². The van der Waals surface area contributed by atoms with Gasteiger partial charge in [-0.25, -0.2) is 4.39 Å². The molecule has 0 atom stereocenters. The summed E-state index contributed by atoms with van der Waals surface area (Å²) in [6.07, 6.45) is 0.00304. The monoisotopic (exact) mass is 311 g/mol. The third kappa shape index (κ3) is 2.11. The number of fused-ring (bicyclic) bond motifs is 1. The van der Waals surface area contributed by atoms with Gasteiger partial charge in [0.25, 0.3) is 5.91 Å². The molecule has 0 unspecified atom stereocenters. The highest BCUT2D eigenvalue weighted by atomic mass is 35.5. The Morgan fingerprint density at radius 2 is 1.80 bits per heavy atom. The third-order valence-corrected chi connectivity index (χ3v) is 3.62. The Kier molecular flexibility index (Phi) is 3.28. The van der Waals surface area contributed by atoms with E-state index in [1.54, 1.807) is 18.2 Å². The quantitative estimate of drug-likeness (QED) is 0.796. The highest BCUT2D eigenvalue weighted by molar-refractivity contribution is 6.35. The summed E-state index contributed by atoms with van der Waals surface area (Å²) in [5, 5.41) is 1.61. The van der Waals surface area contributed by atoms with Crippen molar-refractivity contribution in [2.75, 3.05) is 5.06 Å². The van der Waals surface area contributed by atoms with Crippen molar-refractivity contribution in [2.24, 2.45) is 0 Å². The van der Waals surface area contributed by atoms with Gasteiger partial charge in [-0.05, 0) is 24.3 Å². The summed E-state index contributed by atoms with van der Waals surface area (Å²) in [6, 6.07) is 9.02. The van der Waals surface area contributed by atoms with Gasteiger partial charge in [-0.2, -0.15) is 0 Å². The summed E-state index contributed by atoms with van der Waals surface area (Å²) in [5.74, 6) is -0.684. The highest BCUT2D eigenvalue weighted by Crippen LogP contribution is 2.39. The van der Waals surface area contributed by atoms with Gasteiger partial charge in [-0.3, -0.25) is 4.79 Å². The molecule has 0 saturated carbocycles. The van der Waals surface area contributed by atoms with Crippen molar-refractivity contribution in [1.82, 2.24) is 0 Å². The van der Waals surface area contributed by atoms with E-state index in [4.69, 9.17) is 28.0 Å². The van der Waals surface area contributed by atoms with Crippen molar-refractivity contribution >= 4 is 34.8 Å². The number of carbonyl (C=O) groups is 1. The fourth-order valence-corrected chi connectivity index (χ4v) is 2.43. The number of anilines is 1. The Hall–Kier alpha value is -1.78. The first kappa shape index (κ1) is 13.2. The highest BCUT2D eigenvalue weighted by Gasteiger charge is 2.31. The minimum atomic E-state index is -0.553. The van der Waals surface area contributed by atoms with Crippen LogP contribution in [0.2, 0.25) is 10.0 Å². The number of carbonyl (C=O) groups excluding carboxylic acids is 1. The first-order valence-electron chi connectivity index (χ1n) is 5.80. The average molecular weight is 312 g/mol. The van der Waals surface area contributed by atoms with Crippen molar-refractivity contribution in [1.29, 1.82) is 0 Å². The first-order valence-corrected chi connectivity index (χ1v) is 6.56. The van der Waals surface area contributed by atoms with Crippen molar-refractivity contribution < 1.29 is 14.0 Å². The van der Waals surface area contributed by atoms with Crippen LogP contribution in [0.25, 0.3) is 0 Å². The van der Waals surface area contributed by atoms with E-state index in [1.807, 2.05) is 0 Å². The maximum atomic E-state index is 13.8. The zero-order valence-electron chi connectivity index (χ0n) is 10.1. The van der Waals surface area contributed by atoms with Gasteiger partial charge in [0, 0.05) is 10.6 Å². The van der Waals surface area contributed by atoms with Gasteiger partial charge < -0.3 is 4.84 Å². The molecule has 102 valence electrons. The van der Waals surface area contributed by atoms with Crippen LogP contribution in [0, 0.1) is 5.82 Å². The van der Waals surface area contributed by atoms with E-state index in [0.29, 0.717) is 15.6 Å². The Bertz CT molecular complexity index is 706. The van der Waals surface area contributed by atoms with Crippen molar-refractivity contribution in [3.63, 3.8) is 0 Å². The summed E-state index contributed by atoms with van der Waals surface area (Å²) in [7, 11) is 0. The molecule has 2 aromatic rings. The lowest BCUT2D eigenvalue weighted by atomic mass is 10.1. The van der Waals surface area contributed by atoms with E-state index in [-0.39, 0.29) is 17.9 Å². The Labute approximate surface area is 124 Å². The lowest BCUT2D eigenvalue weighted by molar-refractivity contribution is -0.123. The van der Waals surface area contributed by atoms with Crippen molar-refractivity contribution in [3.05, 3.63) is 57.8 Å². The molecule has 20 heavy (non-hydrogen) atoms. The number of para-hydroxylation sites is 1. The normalized spacial score (nSPS) is 13.9. The van der Waals surface area contributed by atoms with Gasteiger partial charge in [0.15, 0.2) is 5.75 Å². The summed E-state index contributed by atoms with van der Waals surface area (Å²) in [4.78, 5) is 17.6. The zero-order valence-corrected chi connectivity index (χ0v) is 11.6. The van der Waals surface area contributed by atoms with Crippen LogP contribution < -0.4 is 9.90 Å². The second-order valence-electron chi connectivity index (χ2n) is 4.24. The molecule has 0 N–H and O–H groups in total. The van der Waals surface area contributed by atoms with Gasteiger partial charge in [-0.15, -0.1) is 5.06 Å². The number of hydrogen-bond acceptors (Lipinski definition) is 2. The number of hydroxylamine groups is 1. The number of nitrogens with zero attached hydrogens (tertiary/aromatic N) is 1. The molecule has 0 aromatic heterocycles. The summed E-state index contributed by atoms with van der Waals surface area (Å²) in [5.41, 5.74) is 0.552.